The minimum absolute atomic E-state index is 0.624. The quantitative estimate of drug-likeness (QED) is 0.297. The van der Waals surface area contributed by atoms with E-state index >= 15 is 0 Å². The lowest BCUT2D eigenvalue weighted by Gasteiger charge is -2.14. The largest absolute Gasteiger partial charge is 0.490 e. The van der Waals surface area contributed by atoms with Gasteiger partial charge >= 0.3 is 0 Å². The monoisotopic (exact) mass is 415 g/mol. The Labute approximate surface area is 180 Å². The van der Waals surface area contributed by atoms with Crippen molar-refractivity contribution < 1.29 is 9.47 Å². The number of ether oxygens (including phenoxy) is 2. The van der Waals surface area contributed by atoms with Crippen molar-refractivity contribution in [1.29, 1.82) is 0 Å². The first-order chi connectivity index (χ1) is 14.7. The van der Waals surface area contributed by atoms with Gasteiger partial charge in [0.25, 0.3) is 0 Å². The Morgan fingerprint density at radius 2 is 1.87 bits per heavy atom. The highest BCUT2D eigenvalue weighted by Crippen LogP contribution is 2.28. The van der Waals surface area contributed by atoms with Crippen LogP contribution < -0.4 is 20.1 Å². The molecule has 0 unspecified atom stereocenters. The fourth-order valence-electron chi connectivity index (χ4n) is 3.14. The van der Waals surface area contributed by atoms with E-state index in [9.17, 15) is 0 Å². The Bertz CT molecular complexity index is 773. The third kappa shape index (κ3) is 7.97. The second-order valence-corrected chi connectivity index (χ2v) is 6.96. The number of unbranched alkanes of at least 4 members (excludes halogenated alkanes) is 1. The van der Waals surface area contributed by atoms with Crippen LogP contribution in [0.2, 0.25) is 0 Å². The number of aliphatic imine (C=N–C) groups is 1. The zero-order valence-corrected chi connectivity index (χ0v) is 18.9. The van der Waals surface area contributed by atoms with Gasteiger partial charge in [0.15, 0.2) is 17.5 Å². The number of nitrogens with zero attached hydrogens (tertiary/aromatic N) is 3. The molecular formula is C23H37N5O2. The number of aromatic nitrogens is 2. The normalized spacial score (nSPS) is 11.4. The van der Waals surface area contributed by atoms with Gasteiger partial charge in [0.2, 0.25) is 0 Å². The van der Waals surface area contributed by atoms with Crippen LogP contribution in [0.15, 0.2) is 35.6 Å². The number of imidazole rings is 1. The summed E-state index contributed by atoms with van der Waals surface area (Å²) in [6.07, 6.45) is 6.90. The summed E-state index contributed by atoms with van der Waals surface area (Å²) < 4.78 is 13.5. The first-order valence-corrected chi connectivity index (χ1v) is 11.1. The molecule has 0 spiro atoms. The molecule has 1 heterocycles. The molecule has 0 fully saturated rings. The van der Waals surface area contributed by atoms with E-state index in [0.29, 0.717) is 13.2 Å². The molecular weight excluding hydrogens is 378 g/mol. The molecule has 166 valence electrons. The van der Waals surface area contributed by atoms with E-state index in [1.165, 1.54) is 5.56 Å². The second-order valence-electron chi connectivity index (χ2n) is 6.96. The number of benzene rings is 1. The van der Waals surface area contributed by atoms with Crippen LogP contribution in [-0.4, -0.2) is 48.4 Å². The highest BCUT2D eigenvalue weighted by Gasteiger charge is 2.06. The lowest BCUT2D eigenvalue weighted by atomic mass is 10.1. The Balaban J connectivity index is 1.78. The van der Waals surface area contributed by atoms with Crippen molar-refractivity contribution in [2.45, 2.75) is 53.5 Å². The van der Waals surface area contributed by atoms with Crippen LogP contribution in [0.3, 0.4) is 0 Å². The summed E-state index contributed by atoms with van der Waals surface area (Å²) >= 11 is 0. The summed E-state index contributed by atoms with van der Waals surface area (Å²) in [5.41, 5.74) is 1.21. The topological polar surface area (TPSA) is 72.7 Å². The standard InChI is InChI=1S/C23H37N5O2/c1-5-24-23(26-13-8-9-16-28-17-15-25-19(28)4)27-14-12-20-10-11-21(29-6-2)22(18-20)30-7-3/h10-11,15,17-18H,5-9,12-14,16H2,1-4H3,(H2,24,26,27). The van der Waals surface area contributed by atoms with Crippen LogP contribution in [0, 0.1) is 6.92 Å². The third-order valence-corrected chi connectivity index (χ3v) is 4.66. The maximum atomic E-state index is 5.72. The average molecular weight is 416 g/mol. The first kappa shape index (κ1) is 23.6. The third-order valence-electron chi connectivity index (χ3n) is 4.66. The van der Waals surface area contributed by atoms with Crippen molar-refractivity contribution in [2.75, 3.05) is 32.8 Å². The molecule has 0 bridgehead atoms. The van der Waals surface area contributed by atoms with E-state index in [0.717, 1.165) is 68.7 Å². The fourth-order valence-corrected chi connectivity index (χ4v) is 3.14. The van der Waals surface area contributed by atoms with Crippen molar-refractivity contribution >= 4 is 5.96 Å². The Kier molecular flexibility index (Phi) is 10.6. The lowest BCUT2D eigenvalue weighted by molar-refractivity contribution is 0.287. The molecule has 2 rings (SSSR count). The number of guanidine groups is 1. The Morgan fingerprint density at radius 3 is 2.57 bits per heavy atom. The molecule has 0 atom stereocenters. The molecule has 2 N–H and O–H groups in total. The van der Waals surface area contributed by atoms with Gasteiger partial charge in [-0.15, -0.1) is 0 Å². The minimum Gasteiger partial charge on any atom is -0.490 e. The molecule has 2 aromatic rings. The van der Waals surface area contributed by atoms with Gasteiger partial charge in [-0.1, -0.05) is 6.07 Å². The molecule has 0 amide bonds. The highest BCUT2D eigenvalue weighted by molar-refractivity contribution is 5.79. The van der Waals surface area contributed by atoms with Crippen LogP contribution in [0.25, 0.3) is 0 Å². The number of hydrogen-bond acceptors (Lipinski definition) is 4. The zero-order valence-electron chi connectivity index (χ0n) is 18.9. The van der Waals surface area contributed by atoms with Crippen molar-refractivity contribution in [2.24, 2.45) is 4.99 Å². The van der Waals surface area contributed by atoms with E-state index in [-0.39, 0.29) is 0 Å². The van der Waals surface area contributed by atoms with Gasteiger partial charge in [-0.2, -0.15) is 0 Å². The van der Waals surface area contributed by atoms with Gasteiger partial charge in [0.05, 0.1) is 13.2 Å². The molecule has 7 heteroatoms. The summed E-state index contributed by atoms with van der Waals surface area (Å²) in [5.74, 6) is 3.55. The predicted octanol–water partition coefficient (Wildman–Crippen LogP) is 3.57. The maximum absolute atomic E-state index is 5.72. The molecule has 1 aromatic heterocycles. The van der Waals surface area contributed by atoms with Gasteiger partial charge in [0.1, 0.15) is 5.82 Å². The smallest absolute Gasteiger partial charge is 0.191 e. The molecule has 30 heavy (non-hydrogen) atoms. The predicted molar refractivity (Wildman–Crippen MR) is 123 cm³/mol. The van der Waals surface area contributed by atoms with Gasteiger partial charge in [-0.05, 0) is 64.7 Å². The van der Waals surface area contributed by atoms with Crippen molar-refractivity contribution in [3.8, 4) is 11.5 Å². The van der Waals surface area contributed by atoms with Crippen LogP contribution in [0.1, 0.15) is 45.0 Å². The molecule has 0 saturated heterocycles. The molecule has 0 saturated carbocycles. The van der Waals surface area contributed by atoms with E-state index in [1.807, 2.05) is 39.2 Å². The Morgan fingerprint density at radius 1 is 1.07 bits per heavy atom. The van der Waals surface area contributed by atoms with E-state index in [1.54, 1.807) is 0 Å². The number of nitrogens with one attached hydrogen (secondary N) is 2. The van der Waals surface area contributed by atoms with Crippen molar-refractivity contribution in [1.82, 2.24) is 20.2 Å². The molecule has 7 nitrogen and oxygen atoms in total. The molecule has 1 aromatic carbocycles. The van der Waals surface area contributed by atoms with Gasteiger partial charge in [0, 0.05) is 38.6 Å². The van der Waals surface area contributed by atoms with E-state index in [4.69, 9.17) is 14.5 Å². The van der Waals surface area contributed by atoms with Crippen molar-refractivity contribution in [3.63, 3.8) is 0 Å². The number of rotatable bonds is 13. The van der Waals surface area contributed by atoms with Gasteiger partial charge in [-0.25, -0.2) is 4.98 Å². The summed E-state index contributed by atoms with van der Waals surface area (Å²) in [7, 11) is 0. The lowest BCUT2D eigenvalue weighted by Crippen LogP contribution is -2.38. The molecule has 0 aliphatic carbocycles. The second kappa shape index (κ2) is 13.5. The van der Waals surface area contributed by atoms with Crippen LogP contribution >= 0.6 is 0 Å². The molecule has 0 radical (unpaired) electrons. The average Bonchev–Trinajstić information content (AvgIpc) is 3.14. The summed E-state index contributed by atoms with van der Waals surface area (Å²) in [4.78, 5) is 8.95. The summed E-state index contributed by atoms with van der Waals surface area (Å²) in [6, 6.07) is 6.15. The van der Waals surface area contributed by atoms with Gasteiger partial charge in [-0.3, -0.25) is 4.99 Å². The van der Waals surface area contributed by atoms with Crippen LogP contribution in [0.5, 0.6) is 11.5 Å². The highest BCUT2D eigenvalue weighted by atomic mass is 16.5. The van der Waals surface area contributed by atoms with E-state index < -0.39 is 0 Å². The van der Waals surface area contributed by atoms with E-state index in [2.05, 4.69) is 39.2 Å². The van der Waals surface area contributed by atoms with Gasteiger partial charge < -0.3 is 24.7 Å². The summed E-state index contributed by atoms with van der Waals surface area (Å²) in [5, 5.41) is 6.74. The number of aryl methyl sites for hydroxylation is 2. The molecule has 0 aliphatic heterocycles. The fraction of sp³-hybridized carbons (Fsp3) is 0.565. The maximum Gasteiger partial charge on any atom is 0.191 e. The summed E-state index contributed by atoms with van der Waals surface area (Å²) in [6.45, 7) is 12.8. The van der Waals surface area contributed by atoms with Crippen LogP contribution in [-0.2, 0) is 13.0 Å². The number of hydrogen-bond donors (Lipinski definition) is 2. The first-order valence-electron chi connectivity index (χ1n) is 11.1. The minimum atomic E-state index is 0.624. The van der Waals surface area contributed by atoms with Crippen LogP contribution in [0.4, 0.5) is 0 Å². The SMILES string of the molecule is CCNC(=NCCCCn1ccnc1C)NCCc1ccc(OCC)c(OCC)c1. The molecule has 0 aliphatic rings. The zero-order chi connectivity index (χ0) is 21.6. The van der Waals surface area contributed by atoms with Crippen molar-refractivity contribution in [3.05, 3.63) is 42.0 Å². The Hall–Kier alpha value is -2.70.